The molecule has 5 nitrogen and oxygen atoms in total. The van der Waals surface area contributed by atoms with E-state index in [1.807, 2.05) is 0 Å². The number of thioether (sulfide) groups is 1. The number of carbonyl (C=O) groups is 2. The number of carbonyl (C=O) groups excluding carboxylic acids is 1. The highest BCUT2D eigenvalue weighted by Crippen LogP contribution is 2.37. The topological polar surface area (TPSA) is 72.8 Å². The minimum absolute atomic E-state index is 0.0530. The molecule has 0 amide bonds. The van der Waals surface area contributed by atoms with E-state index in [9.17, 15) is 9.59 Å². The molecular formula is C11H10O5S. The Bertz CT molecular complexity index is 457. The minimum Gasteiger partial charge on any atom is -0.481 e. The Morgan fingerprint density at radius 1 is 1.41 bits per heavy atom. The quantitative estimate of drug-likeness (QED) is 0.638. The fraction of sp³-hybridized carbons (Fsp3) is 0.273. The van der Waals surface area contributed by atoms with Crippen molar-refractivity contribution < 1.29 is 24.2 Å². The molecular weight excluding hydrogens is 244 g/mol. The molecule has 0 bridgehead atoms. The second-order valence-corrected chi connectivity index (χ2v) is 4.49. The number of rotatable bonds is 5. The van der Waals surface area contributed by atoms with Crippen LogP contribution in [0.25, 0.3) is 0 Å². The zero-order valence-corrected chi connectivity index (χ0v) is 9.66. The monoisotopic (exact) mass is 254 g/mol. The van der Waals surface area contributed by atoms with Crippen molar-refractivity contribution in [3.8, 4) is 11.5 Å². The maximum atomic E-state index is 10.9. The molecule has 0 radical (unpaired) electrons. The van der Waals surface area contributed by atoms with Gasteiger partial charge in [0.15, 0.2) is 17.8 Å². The number of hydrogen-bond acceptors (Lipinski definition) is 5. The van der Waals surface area contributed by atoms with Crippen molar-refractivity contribution in [2.75, 3.05) is 12.5 Å². The Kier molecular flexibility index (Phi) is 3.53. The average Bonchev–Trinajstić information content (AvgIpc) is 2.74. The molecule has 0 saturated heterocycles. The van der Waals surface area contributed by atoms with Gasteiger partial charge in [-0.25, -0.2) is 0 Å². The Labute approximate surface area is 102 Å². The first-order chi connectivity index (χ1) is 8.20. The standard InChI is InChI=1S/C11H10O5S/c12-5-7-3-8-9(16-6-15-8)4-10(7)17-2-1-11(13)14/h3-5H,1-2,6H2,(H,13,14). The van der Waals surface area contributed by atoms with Gasteiger partial charge in [-0.3, -0.25) is 9.59 Å². The molecule has 0 aliphatic carbocycles. The summed E-state index contributed by atoms with van der Waals surface area (Å²) in [6.45, 7) is 0.150. The van der Waals surface area contributed by atoms with Gasteiger partial charge in [-0.1, -0.05) is 0 Å². The lowest BCUT2D eigenvalue weighted by molar-refractivity contribution is -0.136. The van der Waals surface area contributed by atoms with Gasteiger partial charge in [0.05, 0.1) is 6.42 Å². The van der Waals surface area contributed by atoms with Crippen LogP contribution in [0.15, 0.2) is 17.0 Å². The van der Waals surface area contributed by atoms with Gasteiger partial charge in [0.1, 0.15) is 0 Å². The number of benzene rings is 1. The smallest absolute Gasteiger partial charge is 0.304 e. The third-order valence-corrected chi connectivity index (χ3v) is 3.28. The van der Waals surface area contributed by atoms with Crippen LogP contribution < -0.4 is 9.47 Å². The second kappa shape index (κ2) is 5.09. The normalized spacial score (nSPS) is 12.5. The lowest BCUT2D eigenvalue weighted by Crippen LogP contribution is -1.96. The number of aldehydes is 1. The van der Waals surface area contributed by atoms with E-state index >= 15 is 0 Å². The van der Waals surface area contributed by atoms with Crippen LogP contribution in [0.5, 0.6) is 11.5 Å². The maximum Gasteiger partial charge on any atom is 0.304 e. The number of carboxylic acids is 1. The predicted octanol–water partition coefficient (Wildman–Crippen LogP) is 1.79. The zero-order chi connectivity index (χ0) is 12.3. The van der Waals surface area contributed by atoms with Crippen molar-refractivity contribution in [2.45, 2.75) is 11.3 Å². The van der Waals surface area contributed by atoms with Crippen LogP contribution in [0.1, 0.15) is 16.8 Å². The second-order valence-electron chi connectivity index (χ2n) is 3.35. The number of aliphatic carboxylic acids is 1. The molecule has 1 aromatic carbocycles. The Hall–Kier alpha value is -1.69. The van der Waals surface area contributed by atoms with Gasteiger partial charge in [0.2, 0.25) is 6.79 Å². The number of fused-ring (bicyclic) bond motifs is 1. The Balaban J connectivity index is 2.15. The van der Waals surface area contributed by atoms with Crippen molar-refractivity contribution >= 4 is 24.0 Å². The number of ether oxygens (including phenoxy) is 2. The van der Waals surface area contributed by atoms with Gasteiger partial charge in [-0.2, -0.15) is 0 Å². The van der Waals surface area contributed by atoms with Gasteiger partial charge < -0.3 is 14.6 Å². The molecule has 17 heavy (non-hydrogen) atoms. The van der Waals surface area contributed by atoms with Crippen LogP contribution in [0.3, 0.4) is 0 Å². The molecule has 0 atom stereocenters. The summed E-state index contributed by atoms with van der Waals surface area (Å²) in [6, 6.07) is 3.32. The van der Waals surface area contributed by atoms with E-state index in [4.69, 9.17) is 14.6 Å². The van der Waals surface area contributed by atoms with Crippen molar-refractivity contribution in [1.29, 1.82) is 0 Å². The average molecular weight is 254 g/mol. The molecule has 1 aliphatic rings. The van der Waals surface area contributed by atoms with Crippen molar-refractivity contribution in [1.82, 2.24) is 0 Å². The van der Waals surface area contributed by atoms with Gasteiger partial charge in [-0.15, -0.1) is 11.8 Å². The van der Waals surface area contributed by atoms with Gasteiger partial charge >= 0.3 is 5.97 Å². The van der Waals surface area contributed by atoms with Crippen LogP contribution in [-0.4, -0.2) is 29.9 Å². The summed E-state index contributed by atoms with van der Waals surface area (Å²) in [7, 11) is 0. The number of hydrogen-bond donors (Lipinski definition) is 1. The number of carboxylic acid groups (broad SMARTS) is 1. The summed E-state index contributed by atoms with van der Waals surface area (Å²) in [5.74, 6) is 0.699. The molecule has 0 unspecified atom stereocenters. The summed E-state index contributed by atoms with van der Waals surface area (Å²) in [5.41, 5.74) is 0.490. The largest absolute Gasteiger partial charge is 0.481 e. The van der Waals surface area contributed by atoms with Gasteiger partial charge in [0.25, 0.3) is 0 Å². The fourth-order valence-corrected chi connectivity index (χ4v) is 2.37. The van der Waals surface area contributed by atoms with E-state index in [2.05, 4.69) is 0 Å². The van der Waals surface area contributed by atoms with E-state index in [-0.39, 0.29) is 13.2 Å². The summed E-state index contributed by atoms with van der Waals surface area (Å²) in [4.78, 5) is 22.0. The van der Waals surface area contributed by atoms with E-state index in [0.717, 1.165) is 6.29 Å². The highest BCUT2D eigenvalue weighted by molar-refractivity contribution is 7.99. The Morgan fingerprint density at radius 3 is 2.76 bits per heavy atom. The first-order valence-electron chi connectivity index (χ1n) is 4.94. The van der Waals surface area contributed by atoms with Crippen LogP contribution in [0, 0.1) is 0 Å². The summed E-state index contributed by atoms with van der Waals surface area (Å²) >= 11 is 1.32. The van der Waals surface area contributed by atoms with E-state index in [1.165, 1.54) is 11.8 Å². The van der Waals surface area contributed by atoms with E-state index in [1.54, 1.807) is 12.1 Å². The molecule has 1 aliphatic heterocycles. The molecule has 0 aromatic heterocycles. The van der Waals surface area contributed by atoms with Crippen LogP contribution in [-0.2, 0) is 4.79 Å². The summed E-state index contributed by atoms with van der Waals surface area (Å²) in [6.07, 6.45) is 0.780. The molecule has 90 valence electrons. The first kappa shape index (κ1) is 11.8. The molecule has 0 saturated carbocycles. The molecule has 0 fully saturated rings. The molecule has 6 heteroatoms. The summed E-state index contributed by atoms with van der Waals surface area (Å²) < 4.78 is 10.4. The lowest BCUT2D eigenvalue weighted by atomic mass is 10.2. The van der Waals surface area contributed by atoms with Crippen LogP contribution >= 0.6 is 11.8 Å². The highest BCUT2D eigenvalue weighted by atomic mass is 32.2. The van der Waals surface area contributed by atoms with E-state index < -0.39 is 5.97 Å². The fourth-order valence-electron chi connectivity index (χ4n) is 1.40. The van der Waals surface area contributed by atoms with Crippen molar-refractivity contribution in [3.63, 3.8) is 0 Å². The lowest BCUT2D eigenvalue weighted by Gasteiger charge is -2.05. The van der Waals surface area contributed by atoms with Gasteiger partial charge in [-0.05, 0) is 12.1 Å². The molecule has 1 heterocycles. The maximum absolute atomic E-state index is 10.9. The third kappa shape index (κ3) is 2.71. The van der Waals surface area contributed by atoms with Crippen LogP contribution in [0.4, 0.5) is 0 Å². The van der Waals surface area contributed by atoms with Crippen LogP contribution in [0.2, 0.25) is 0 Å². The Morgan fingerprint density at radius 2 is 2.12 bits per heavy atom. The SMILES string of the molecule is O=Cc1cc2c(cc1SCCC(=O)O)OCO2. The molecule has 1 aromatic rings. The first-order valence-corrected chi connectivity index (χ1v) is 5.92. The highest BCUT2D eigenvalue weighted by Gasteiger charge is 2.17. The molecule has 1 N–H and O–H groups in total. The third-order valence-electron chi connectivity index (χ3n) is 2.21. The van der Waals surface area contributed by atoms with Crippen molar-refractivity contribution in [2.24, 2.45) is 0 Å². The van der Waals surface area contributed by atoms with Gasteiger partial charge in [0, 0.05) is 16.2 Å². The molecule has 2 rings (SSSR count). The summed E-state index contributed by atoms with van der Waals surface area (Å²) in [5, 5.41) is 8.55. The zero-order valence-electron chi connectivity index (χ0n) is 8.84. The minimum atomic E-state index is -0.856. The molecule has 0 spiro atoms. The predicted molar refractivity (Wildman–Crippen MR) is 60.9 cm³/mol. The van der Waals surface area contributed by atoms with E-state index in [0.29, 0.717) is 27.7 Å². The van der Waals surface area contributed by atoms with Crippen molar-refractivity contribution in [3.05, 3.63) is 17.7 Å².